The Bertz CT molecular complexity index is 1200. The zero-order valence-corrected chi connectivity index (χ0v) is 16.9. The van der Waals surface area contributed by atoms with Crippen LogP contribution in [-0.4, -0.2) is 36.8 Å². The van der Waals surface area contributed by atoms with Crippen LogP contribution in [0.4, 0.5) is 11.4 Å². The lowest BCUT2D eigenvalue weighted by Crippen LogP contribution is -2.29. The fraction of sp³-hybridized carbons (Fsp3) is 0.105. The number of benzene rings is 2. The van der Waals surface area contributed by atoms with E-state index in [2.05, 4.69) is 10.3 Å². The van der Waals surface area contributed by atoms with Crippen molar-refractivity contribution in [2.24, 2.45) is 10.1 Å². The molecule has 0 aromatic heterocycles. The fourth-order valence-corrected chi connectivity index (χ4v) is 4.76. The number of fused-ring (bicyclic) bond motifs is 1. The highest BCUT2D eigenvalue weighted by molar-refractivity contribution is 8.18. The van der Waals surface area contributed by atoms with Crippen LogP contribution in [-0.2, 0) is 19.6 Å². The Balaban J connectivity index is 1.75. The molecule has 0 saturated carbocycles. The molecule has 0 unspecified atom stereocenters. The van der Waals surface area contributed by atoms with Crippen LogP contribution in [0.1, 0.15) is 12.5 Å². The van der Waals surface area contributed by atoms with E-state index in [-0.39, 0.29) is 16.7 Å². The van der Waals surface area contributed by atoms with Crippen LogP contribution in [0.3, 0.4) is 0 Å². The second-order valence-electron chi connectivity index (χ2n) is 6.29. The van der Waals surface area contributed by atoms with Crippen LogP contribution in [0.25, 0.3) is 5.57 Å². The van der Waals surface area contributed by atoms with Crippen molar-refractivity contribution in [3.8, 4) is 0 Å². The fourth-order valence-electron chi connectivity index (χ4n) is 3.08. The molecule has 0 aliphatic carbocycles. The molecule has 148 valence electrons. The predicted octanol–water partition coefficient (Wildman–Crippen LogP) is 2.28. The number of nitrogens with one attached hydrogen (secondary N) is 1. The molecule has 1 fully saturated rings. The van der Waals surface area contributed by atoms with Crippen molar-refractivity contribution in [2.45, 2.75) is 11.8 Å². The van der Waals surface area contributed by atoms with Crippen LogP contribution in [0.5, 0.6) is 0 Å². The summed E-state index contributed by atoms with van der Waals surface area (Å²) in [5, 5.41) is 8.30. The SMILES string of the molecule is CCN1C(=O)/C(=C2/C(=O)Nc3ccccc32)S/C1=N\c1ccc(S(N)(=O)=O)cc1. The quantitative estimate of drug-likeness (QED) is 0.727. The third-order valence-corrected chi connectivity index (χ3v) is 6.47. The molecule has 8 nitrogen and oxygen atoms in total. The van der Waals surface area contributed by atoms with Crippen LogP contribution < -0.4 is 10.5 Å². The van der Waals surface area contributed by atoms with Crippen LogP contribution in [0.15, 0.2) is 63.3 Å². The maximum absolute atomic E-state index is 13.0. The number of anilines is 1. The summed E-state index contributed by atoms with van der Waals surface area (Å²) in [6.45, 7) is 2.19. The van der Waals surface area contributed by atoms with Crippen molar-refractivity contribution in [1.29, 1.82) is 0 Å². The number of nitrogens with two attached hydrogens (primary N) is 1. The van der Waals surface area contributed by atoms with Gasteiger partial charge < -0.3 is 5.32 Å². The van der Waals surface area contributed by atoms with Gasteiger partial charge in [-0.3, -0.25) is 14.5 Å². The first-order valence-corrected chi connectivity index (χ1v) is 11.0. The number of likely N-dealkylation sites (N-methyl/N-ethyl adjacent to an activating group) is 1. The Labute approximate surface area is 171 Å². The van der Waals surface area contributed by atoms with Gasteiger partial charge in [-0.2, -0.15) is 0 Å². The summed E-state index contributed by atoms with van der Waals surface area (Å²) in [6, 6.07) is 12.9. The molecule has 0 atom stereocenters. The molecule has 4 rings (SSSR count). The zero-order chi connectivity index (χ0) is 20.8. The van der Waals surface area contributed by atoms with E-state index in [0.29, 0.717) is 39.1 Å². The highest BCUT2D eigenvalue weighted by atomic mass is 32.2. The molecule has 2 aromatic carbocycles. The Hall–Kier alpha value is -2.95. The van der Waals surface area contributed by atoms with E-state index in [1.165, 1.54) is 29.2 Å². The number of hydrogen-bond donors (Lipinski definition) is 2. The second kappa shape index (κ2) is 7.14. The third kappa shape index (κ3) is 3.46. The topological polar surface area (TPSA) is 122 Å². The number of nitrogens with zero attached hydrogens (tertiary/aromatic N) is 2. The van der Waals surface area contributed by atoms with E-state index in [4.69, 9.17) is 5.14 Å². The number of sulfonamides is 1. The number of amides is 2. The number of rotatable bonds is 3. The average molecular weight is 428 g/mol. The van der Waals surface area contributed by atoms with Gasteiger partial charge in [0, 0.05) is 17.8 Å². The number of carbonyl (C=O) groups is 2. The predicted molar refractivity (Wildman–Crippen MR) is 112 cm³/mol. The van der Waals surface area contributed by atoms with Crippen molar-refractivity contribution < 1.29 is 18.0 Å². The minimum absolute atomic E-state index is 0.0222. The molecule has 2 aliphatic rings. The number of para-hydroxylation sites is 1. The first-order valence-electron chi connectivity index (χ1n) is 8.66. The number of amidine groups is 1. The first kappa shape index (κ1) is 19.4. The summed E-state index contributed by atoms with van der Waals surface area (Å²) in [5.74, 6) is -0.615. The molecular weight excluding hydrogens is 412 g/mol. The van der Waals surface area contributed by atoms with E-state index >= 15 is 0 Å². The molecule has 3 N–H and O–H groups in total. The molecule has 2 amide bonds. The molecule has 1 saturated heterocycles. The largest absolute Gasteiger partial charge is 0.321 e. The monoisotopic (exact) mass is 428 g/mol. The maximum atomic E-state index is 13.0. The highest BCUT2D eigenvalue weighted by Gasteiger charge is 2.39. The molecule has 29 heavy (non-hydrogen) atoms. The molecular formula is C19H16N4O4S2. The minimum atomic E-state index is -3.80. The van der Waals surface area contributed by atoms with Crippen LogP contribution in [0.2, 0.25) is 0 Å². The molecule has 2 heterocycles. The van der Waals surface area contributed by atoms with Gasteiger partial charge in [0.1, 0.15) is 0 Å². The Morgan fingerprint density at radius 2 is 1.79 bits per heavy atom. The summed E-state index contributed by atoms with van der Waals surface area (Å²) < 4.78 is 22.8. The van der Waals surface area contributed by atoms with Gasteiger partial charge in [0.15, 0.2) is 5.17 Å². The van der Waals surface area contributed by atoms with Crippen molar-refractivity contribution in [3.05, 3.63) is 59.0 Å². The Morgan fingerprint density at radius 1 is 1.10 bits per heavy atom. The van der Waals surface area contributed by atoms with Crippen LogP contribution in [0, 0.1) is 0 Å². The summed E-state index contributed by atoms with van der Waals surface area (Å²) in [5.41, 5.74) is 2.15. The summed E-state index contributed by atoms with van der Waals surface area (Å²) in [6.07, 6.45) is 0. The number of carbonyl (C=O) groups excluding carboxylic acids is 2. The molecule has 0 bridgehead atoms. The normalized spacial score (nSPS) is 20.3. The molecule has 0 spiro atoms. The smallest absolute Gasteiger partial charge is 0.267 e. The van der Waals surface area contributed by atoms with E-state index in [1.807, 2.05) is 19.1 Å². The Kier molecular flexibility index (Phi) is 4.77. The first-order chi connectivity index (χ1) is 13.8. The standard InChI is InChI=1S/C19H16N4O4S2/c1-2-23-18(25)16(15-13-5-3-4-6-14(13)22-17(15)24)28-19(23)21-11-7-9-12(10-8-11)29(20,26)27/h3-10H,2H2,1H3,(H,22,24)(H2,20,26,27)/b16-15-,21-19-. The third-order valence-electron chi connectivity index (χ3n) is 4.47. The lowest BCUT2D eigenvalue weighted by atomic mass is 10.1. The minimum Gasteiger partial charge on any atom is -0.321 e. The Morgan fingerprint density at radius 3 is 2.45 bits per heavy atom. The lowest BCUT2D eigenvalue weighted by Gasteiger charge is -2.12. The summed E-state index contributed by atoms with van der Waals surface area (Å²) in [7, 11) is -3.80. The maximum Gasteiger partial charge on any atom is 0.267 e. The molecule has 10 heteroatoms. The number of hydrogen-bond acceptors (Lipinski definition) is 6. The van der Waals surface area contributed by atoms with Gasteiger partial charge in [-0.05, 0) is 49.0 Å². The second-order valence-corrected chi connectivity index (χ2v) is 8.83. The zero-order valence-electron chi connectivity index (χ0n) is 15.2. The van der Waals surface area contributed by atoms with Crippen molar-refractivity contribution >= 4 is 55.7 Å². The van der Waals surface area contributed by atoms with Crippen molar-refractivity contribution in [2.75, 3.05) is 11.9 Å². The number of aliphatic imine (C=N–C) groups is 1. The van der Waals surface area contributed by atoms with E-state index in [0.717, 1.165) is 11.8 Å². The number of primary sulfonamides is 1. The van der Waals surface area contributed by atoms with Gasteiger partial charge in [-0.25, -0.2) is 18.5 Å². The molecule has 2 aliphatic heterocycles. The summed E-state index contributed by atoms with van der Waals surface area (Å²) >= 11 is 1.12. The van der Waals surface area contributed by atoms with Crippen molar-refractivity contribution in [3.63, 3.8) is 0 Å². The van der Waals surface area contributed by atoms with Gasteiger partial charge in [0.2, 0.25) is 10.0 Å². The average Bonchev–Trinajstić information content (AvgIpc) is 3.16. The lowest BCUT2D eigenvalue weighted by molar-refractivity contribution is -0.122. The van der Waals surface area contributed by atoms with Gasteiger partial charge in [-0.15, -0.1) is 0 Å². The van der Waals surface area contributed by atoms with Crippen LogP contribution >= 0.6 is 11.8 Å². The molecule has 2 aromatic rings. The van der Waals surface area contributed by atoms with Gasteiger partial charge in [-0.1, -0.05) is 18.2 Å². The van der Waals surface area contributed by atoms with E-state index in [1.54, 1.807) is 12.1 Å². The van der Waals surface area contributed by atoms with Gasteiger partial charge in [0.25, 0.3) is 11.8 Å². The summed E-state index contributed by atoms with van der Waals surface area (Å²) in [4.78, 5) is 31.7. The number of thioether (sulfide) groups is 1. The van der Waals surface area contributed by atoms with Crippen molar-refractivity contribution in [1.82, 2.24) is 4.90 Å². The highest BCUT2D eigenvalue weighted by Crippen LogP contribution is 2.42. The van der Waals surface area contributed by atoms with Gasteiger partial charge >= 0.3 is 0 Å². The van der Waals surface area contributed by atoms with Gasteiger partial charge in [0.05, 0.1) is 21.1 Å². The van der Waals surface area contributed by atoms with E-state index < -0.39 is 10.0 Å². The molecule has 0 radical (unpaired) electrons. The van der Waals surface area contributed by atoms with E-state index in [9.17, 15) is 18.0 Å².